The second-order valence-corrected chi connectivity index (χ2v) is 9.88. The van der Waals surface area contributed by atoms with Gasteiger partial charge in [-0.3, -0.25) is 4.79 Å². The molecule has 168 valence electrons. The summed E-state index contributed by atoms with van der Waals surface area (Å²) in [6.07, 6.45) is 2.61. The summed E-state index contributed by atoms with van der Waals surface area (Å²) in [6.45, 7) is 6.50. The molecule has 0 saturated carbocycles. The fraction of sp³-hybridized carbons (Fsp3) is 0.435. The lowest BCUT2D eigenvalue weighted by molar-refractivity contribution is -0.118. The molecule has 1 fully saturated rings. The molecule has 1 N–H and O–H groups in total. The van der Waals surface area contributed by atoms with E-state index in [0.717, 1.165) is 24.8 Å². The zero-order chi connectivity index (χ0) is 22.4. The molecule has 1 aliphatic heterocycles. The maximum atomic E-state index is 13.0. The Bertz CT molecular complexity index is 1010. The number of aryl methyl sites for hydroxylation is 1. The standard InChI is InChI=1S/C23H30N2O5S/c1-17(2)30-22-11-10-20(31(27,28)25-12-5-4-6-13-25)15-21(22)24-23(26)16-29-19-9-7-8-18(3)14-19/h7-11,14-15,17H,4-6,12-13,16H2,1-3H3,(H,24,26). The number of carbonyl (C=O) groups excluding carboxylic acids is 1. The number of piperidine rings is 1. The van der Waals surface area contributed by atoms with Gasteiger partial charge in [0.05, 0.1) is 16.7 Å². The fourth-order valence-electron chi connectivity index (χ4n) is 3.42. The minimum atomic E-state index is -3.63. The van der Waals surface area contributed by atoms with Gasteiger partial charge in [0, 0.05) is 13.1 Å². The molecular formula is C23H30N2O5S. The number of sulfonamides is 1. The maximum absolute atomic E-state index is 13.0. The first kappa shape index (κ1) is 23.1. The predicted molar refractivity (Wildman–Crippen MR) is 120 cm³/mol. The zero-order valence-corrected chi connectivity index (χ0v) is 19.1. The molecule has 2 aromatic rings. The van der Waals surface area contributed by atoms with Crippen LogP contribution in [-0.4, -0.2) is 44.4 Å². The van der Waals surface area contributed by atoms with Crippen molar-refractivity contribution in [2.24, 2.45) is 0 Å². The number of benzene rings is 2. The van der Waals surface area contributed by atoms with E-state index in [0.29, 0.717) is 30.3 Å². The van der Waals surface area contributed by atoms with Gasteiger partial charge in [-0.05, 0) is 69.5 Å². The second-order valence-electron chi connectivity index (χ2n) is 7.94. The molecule has 0 aromatic heterocycles. The Hall–Kier alpha value is -2.58. The van der Waals surface area contributed by atoms with E-state index in [4.69, 9.17) is 9.47 Å². The van der Waals surface area contributed by atoms with Crippen LogP contribution in [0.15, 0.2) is 47.4 Å². The van der Waals surface area contributed by atoms with Gasteiger partial charge in [-0.2, -0.15) is 4.31 Å². The molecule has 1 amide bonds. The SMILES string of the molecule is Cc1cccc(OCC(=O)Nc2cc(S(=O)(=O)N3CCCCC3)ccc2OC(C)C)c1. The molecular weight excluding hydrogens is 416 g/mol. The number of ether oxygens (including phenoxy) is 2. The lowest BCUT2D eigenvalue weighted by Crippen LogP contribution is -2.35. The van der Waals surface area contributed by atoms with Crippen molar-refractivity contribution in [1.82, 2.24) is 4.31 Å². The Labute approximate surface area is 184 Å². The molecule has 0 bridgehead atoms. The van der Waals surface area contributed by atoms with Crippen molar-refractivity contribution in [1.29, 1.82) is 0 Å². The molecule has 0 unspecified atom stereocenters. The van der Waals surface area contributed by atoms with Gasteiger partial charge in [-0.15, -0.1) is 0 Å². The minimum absolute atomic E-state index is 0.135. The third kappa shape index (κ3) is 6.21. The molecule has 8 heteroatoms. The first-order valence-electron chi connectivity index (χ1n) is 10.6. The van der Waals surface area contributed by atoms with Crippen molar-refractivity contribution >= 4 is 21.6 Å². The van der Waals surface area contributed by atoms with Crippen LogP contribution in [0.1, 0.15) is 38.7 Å². The molecule has 1 aliphatic rings. The number of nitrogens with zero attached hydrogens (tertiary/aromatic N) is 1. The number of rotatable bonds is 8. The molecule has 1 heterocycles. The first-order chi connectivity index (χ1) is 14.8. The lowest BCUT2D eigenvalue weighted by Gasteiger charge is -2.26. The lowest BCUT2D eigenvalue weighted by atomic mass is 10.2. The monoisotopic (exact) mass is 446 g/mol. The molecule has 0 aliphatic carbocycles. The van der Waals surface area contributed by atoms with Gasteiger partial charge >= 0.3 is 0 Å². The van der Waals surface area contributed by atoms with Crippen LogP contribution >= 0.6 is 0 Å². The van der Waals surface area contributed by atoms with Crippen LogP contribution in [0.5, 0.6) is 11.5 Å². The third-order valence-electron chi connectivity index (χ3n) is 4.90. The molecule has 0 radical (unpaired) electrons. The highest BCUT2D eigenvalue weighted by molar-refractivity contribution is 7.89. The number of carbonyl (C=O) groups is 1. The van der Waals surface area contributed by atoms with Gasteiger partial charge in [0.15, 0.2) is 6.61 Å². The summed E-state index contributed by atoms with van der Waals surface area (Å²) >= 11 is 0. The summed E-state index contributed by atoms with van der Waals surface area (Å²) in [7, 11) is -3.63. The zero-order valence-electron chi connectivity index (χ0n) is 18.3. The summed E-state index contributed by atoms with van der Waals surface area (Å²) in [5.41, 5.74) is 1.34. The Morgan fingerprint density at radius 3 is 2.52 bits per heavy atom. The van der Waals surface area contributed by atoms with Crippen molar-refractivity contribution in [3.8, 4) is 11.5 Å². The van der Waals surface area contributed by atoms with Crippen LogP contribution in [0, 0.1) is 6.92 Å². The van der Waals surface area contributed by atoms with Gasteiger partial charge in [-0.1, -0.05) is 18.6 Å². The van der Waals surface area contributed by atoms with Crippen LogP contribution in [0.2, 0.25) is 0 Å². The van der Waals surface area contributed by atoms with Gasteiger partial charge in [0.1, 0.15) is 11.5 Å². The fourth-order valence-corrected chi connectivity index (χ4v) is 4.96. The van der Waals surface area contributed by atoms with Crippen LogP contribution in [0.25, 0.3) is 0 Å². The molecule has 31 heavy (non-hydrogen) atoms. The van der Waals surface area contributed by atoms with E-state index in [1.165, 1.54) is 16.4 Å². The summed E-state index contributed by atoms with van der Waals surface area (Å²) in [5.74, 6) is 0.606. The molecule has 3 rings (SSSR count). The van der Waals surface area contributed by atoms with Crippen molar-refractivity contribution in [3.05, 3.63) is 48.0 Å². The van der Waals surface area contributed by atoms with E-state index in [9.17, 15) is 13.2 Å². The maximum Gasteiger partial charge on any atom is 0.262 e. The highest BCUT2D eigenvalue weighted by Crippen LogP contribution is 2.31. The van der Waals surface area contributed by atoms with E-state index in [1.54, 1.807) is 12.1 Å². The van der Waals surface area contributed by atoms with Crippen molar-refractivity contribution < 1.29 is 22.7 Å². The Morgan fingerprint density at radius 2 is 1.84 bits per heavy atom. The van der Waals surface area contributed by atoms with Gasteiger partial charge in [0.25, 0.3) is 5.91 Å². The average molecular weight is 447 g/mol. The summed E-state index contributed by atoms with van der Waals surface area (Å²) in [5, 5.41) is 2.74. The number of hydrogen-bond donors (Lipinski definition) is 1. The second kappa shape index (κ2) is 10.2. The minimum Gasteiger partial charge on any atom is -0.489 e. The van der Waals surface area contributed by atoms with Gasteiger partial charge < -0.3 is 14.8 Å². The van der Waals surface area contributed by atoms with Gasteiger partial charge in [-0.25, -0.2) is 8.42 Å². The normalized spacial score (nSPS) is 15.0. The van der Waals surface area contributed by atoms with Gasteiger partial charge in [0.2, 0.25) is 10.0 Å². The van der Waals surface area contributed by atoms with E-state index >= 15 is 0 Å². The van der Waals surface area contributed by atoms with Crippen LogP contribution in [-0.2, 0) is 14.8 Å². The average Bonchev–Trinajstić information content (AvgIpc) is 2.74. The van der Waals surface area contributed by atoms with Crippen molar-refractivity contribution in [3.63, 3.8) is 0 Å². The summed E-state index contributed by atoms with van der Waals surface area (Å²) < 4.78 is 38.9. The number of amides is 1. The Balaban J connectivity index is 1.79. The molecule has 0 spiro atoms. The van der Waals surface area contributed by atoms with E-state index in [1.807, 2.05) is 39.0 Å². The Kier molecular flexibility index (Phi) is 7.56. The van der Waals surface area contributed by atoms with E-state index < -0.39 is 15.9 Å². The number of hydrogen-bond acceptors (Lipinski definition) is 5. The van der Waals surface area contributed by atoms with E-state index in [2.05, 4.69) is 5.32 Å². The number of anilines is 1. The van der Waals surface area contributed by atoms with E-state index in [-0.39, 0.29) is 17.6 Å². The number of nitrogens with one attached hydrogen (secondary N) is 1. The quantitative estimate of drug-likeness (QED) is 0.663. The predicted octanol–water partition coefficient (Wildman–Crippen LogP) is 3.97. The first-order valence-corrected chi connectivity index (χ1v) is 12.0. The van der Waals surface area contributed by atoms with Crippen LogP contribution < -0.4 is 14.8 Å². The smallest absolute Gasteiger partial charge is 0.262 e. The molecule has 7 nitrogen and oxygen atoms in total. The third-order valence-corrected chi connectivity index (χ3v) is 6.79. The molecule has 2 aromatic carbocycles. The van der Waals surface area contributed by atoms with Crippen molar-refractivity contribution in [2.45, 2.75) is 51.0 Å². The molecule has 0 atom stereocenters. The molecule has 1 saturated heterocycles. The topological polar surface area (TPSA) is 84.9 Å². The summed E-state index contributed by atoms with van der Waals surface area (Å²) in [4.78, 5) is 12.7. The van der Waals surface area contributed by atoms with Crippen LogP contribution in [0.3, 0.4) is 0 Å². The Morgan fingerprint density at radius 1 is 1.10 bits per heavy atom. The summed E-state index contributed by atoms with van der Waals surface area (Å²) in [6, 6.07) is 12.0. The highest BCUT2D eigenvalue weighted by Gasteiger charge is 2.27. The largest absolute Gasteiger partial charge is 0.489 e. The van der Waals surface area contributed by atoms with Crippen LogP contribution in [0.4, 0.5) is 5.69 Å². The van der Waals surface area contributed by atoms with Crippen molar-refractivity contribution in [2.75, 3.05) is 25.0 Å². The highest BCUT2D eigenvalue weighted by atomic mass is 32.2.